The summed E-state index contributed by atoms with van der Waals surface area (Å²) >= 11 is 0. The van der Waals surface area contributed by atoms with Gasteiger partial charge in [0.1, 0.15) is 12.4 Å². The zero-order valence-corrected chi connectivity index (χ0v) is 13.4. The number of carboxylic acid groups (broad SMARTS) is 1. The molecular formula is C18H23NO3. The molecular weight excluding hydrogens is 278 g/mol. The van der Waals surface area contributed by atoms with Gasteiger partial charge < -0.3 is 14.4 Å². The van der Waals surface area contributed by atoms with Crippen LogP contribution in [0.2, 0.25) is 0 Å². The van der Waals surface area contributed by atoms with Crippen molar-refractivity contribution in [3.05, 3.63) is 53.3 Å². The lowest BCUT2D eigenvalue weighted by Crippen LogP contribution is -2.12. The van der Waals surface area contributed by atoms with Crippen molar-refractivity contribution in [2.75, 3.05) is 6.61 Å². The Morgan fingerprint density at radius 3 is 2.27 bits per heavy atom. The third-order valence-corrected chi connectivity index (χ3v) is 3.89. The Labute approximate surface area is 131 Å². The van der Waals surface area contributed by atoms with Gasteiger partial charge in [-0.3, -0.25) is 4.79 Å². The first-order valence-electron chi connectivity index (χ1n) is 7.54. The van der Waals surface area contributed by atoms with E-state index in [0.717, 1.165) is 17.9 Å². The van der Waals surface area contributed by atoms with Crippen LogP contribution in [0, 0.1) is 19.8 Å². The molecule has 0 saturated carbocycles. The van der Waals surface area contributed by atoms with Crippen molar-refractivity contribution in [2.45, 2.75) is 33.7 Å². The molecule has 0 radical (unpaired) electrons. The van der Waals surface area contributed by atoms with Crippen LogP contribution in [0.5, 0.6) is 5.75 Å². The van der Waals surface area contributed by atoms with Gasteiger partial charge >= 0.3 is 5.97 Å². The standard InChI is InChI=1S/C18H23NO3/c1-13(18(20)21)12-16-6-8-17(9-7-16)22-11-10-19-14(2)4-5-15(19)3/h4-9,13H,10-12H2,1-3H3,(H,20,21). The summed E-state index contributed by atoms with van der Waals surface area (Å²) in [6.45, 7) is 7.33. The van der Waals surface area contributed by atoms with E-state index in [0.29, 0.717) is 13.0 Å². The molecule has 4 nitrogen and oxygen atoms in total. The Bertz CT molecular complexity index is 609. The summed E-state index contributed by atoms with van der Waals surface area (Å²) in [7, 11) is 0. The molecule has 1 N–H and O–H groups in total. The first-order valence-corrected chi connectivity index (χ1v) is 7.54. The summed E-state index contributed by atoms with van der Waals surface area (Å²) in [5, 5.41) is 8.92. The Hall–Kier alpha value is -2.23. The molecule has 1 unspecified atom stereocenters. The predicted molar refractivity (Wildman–Crippen MR) is 86.3 cm³/mol. The van der Waals surface area contributed by atoms with Gasteiger partial charge in [0.2, 0.25) is 0 Å². The van der Waals surface area contributed by atoms with E-state index < -0.39 is 5.97 Å². The summed E-state index contributed by atoms with van der Waals surface area (Å²) in [4.78, 5) is 10.9. The second-order valence-corrected chi connectivity index (χ2v) is 5.70. The van der Waals surface area contributed by atoms with Crippen LogP contribution in [-0.2, 0) is 17.8 Å². The molecule has 1 atom stereocenters. The van der Waals surface area contributed by atoms with Gasteiger partial charge in [-0.15, -0.1) is 0 Å². The zero-order chi connectivity index (χ0) is 16.1. The van der Waals surface area contributed by atoms with Gasteiger partial charge in [-0.2, -0.15) is 0 Å². The van der Waals surface area contributed by atoms with Crippen molar-refractivity contribution in [2.24, 2.45) is 5.92 Å². The Kier molecular flexibility index (Phi) is 5.26. The van der Waals surface area contributed by atoms with Gasteiger partial charge in [-0.25, -0.2) is 0 Å². The average molecular weight is 301 g/mol. The van der Waals surface area contributed by atoms with Crippen molar-refractivity contribution < 1.29 is 14.6 Å². The van der Waals surface area contributed by atoms with Crippen LogP contribution in [0.3, 0.4) is 0 Å². The molecule has 0 fully saturated rings. The normalized spacial score (nSPS) is 12.1. The fraction of sp³-hybridized carbons (Fsp3) is 0.389. The highest BCUT2D eigenvalue weighted by molar-refractivity contribution is 5.69. The van der Waals surface area contributed by atoms with Crippen LogP contribution >= 0.6 is 0 Å². The maximum Gasteiger partial charge on any atom is 0.306 e. The molecule has 0 amide bonds. The minimum atomic E-state index is -0.766. The highest BCUT2D eigenvalue weighted by Crippen LogP contribution is 2.16. The molecule has 0 aliphatic heterocycles. The lowest BCUT2D eigenvalue weighted by atomic mass is 10.0. The van der Waals surface area contributed by atoms with E-state index in [2.05, 4.69) is 30.5 Å². The Morgan fingerprint density at radius 2 is 1.73 bits per heavy atom. The van der Waals surface area contributed by atoms with Crippen molar-refractivity contribution in [1.29, 1.82) is 0 Å². The number of aliphatic carboxylic acids is 1. The number of carbonyl (C=O) groups is 1. The van der Waals surface area contributed by atoms with Gasteiger partial charge in [0.15, 0.2) is 0 Å². The molecule has 0 saturated heterocycles. The molecule has 0 aliphatic rings. The highest BCUT2D eigenvalue weighted by atomic mass is 16.5. The highest BCUT2D eigenvalue weighted by Gasteiger charge is 2.11. The van der Waals surface area contributed by atoms with Gasteiger partial charge in [0, 0.05) is 11.4 Å². The molecule has 2 aromatic rings. The minimum Gasteiger partial charge on any atom is -0.492 e. The molecule has 0 bridgehead atoms. The van der Waals surface area contributed by atoms with Crippen LogP contribution in [0.25, 0.3) is 0 Å². The SMILES string of the molecule is Cc1ccc(C)n1CCOc1ccc(CC(C)C(=O)O)cc1. The number of aryl methyl sites for hydroxylation is 2. The van der Waals surface area contributed by atoms with Crippen LogP contribution < -0.4 is 4.74 Å². The number of rotatable bonds is 7. The number of carboxylic acids is 1. The summed E-state index contributed by atoms with van der Waals surface area (Å²) in [5.74, 6) is -0.321. The van der Waals surface area contributed by atoms with E-state index in [-0.39, 0.29) is 5.92 Å². The third kappa shape index (κ3) is 4.13. The monoisotopic (exact) mass is 301 g/mol. The number of hydrogen-bond acceptors (Lipinski definition) is 2. The van der Waals surface area contributed by atoms with Crippen LogP contribution in [0.15, 0.2) is 36.4 Å². The number of benzene rings is 1. The number of ether oxygens (including phenoxy) is 1. The molecule has 2 rings (SSSR count). The maximum absolute atomic E-state index is 10.9. The molecule has 118 valence electrons. The Morgan fingerprint density at radius 1 is 1.14 bits per heavy atom. The van der Waals surface area contributed by atoms with E-state index >= 15 is 0 Å². The minimum absolute atomic E-state index is 0.369. The number of hydrogen-bond donors (Lipinski definition) is 1. The second-order valence-electron chi connectivity index (χ2n) is 5.70. The van der Waals surface area contributed by atoms with Crippen molar-refractivity contribution in [1.82, 2.24) is 4.57 Å². The predicted octanol–water partition coefficient (Wildman–Crippen LogP) is 3.45. The van der Waals surface area contributed by atoms with Crippen molar-refractivity contribution in [3.63, 3.8) is 0 Å². The van der Waals surface area contributed by atoms with Crippen molar-refractivity contribution in [3.8, 4) is 5.75 Å². The summed E-state index contributed by atoms with van der Waals surface area (Å²) in [6.07, 6.45) is 0.539. The topological polar surface area (TPSA) is 51.5 Å². The average Bonchev–Trinajstić information content (AvgIpc) is 2.80. The van der Waals surface area contributed by atoms with Crippen LogP contribution in [-0.4, -0.2) is 22.2 Å². The quantitative estimate of drug-likeness (QED) is 0.852. The van der Waals surface area contributed by atoms with Gasteiger partial charge in [0.25, 0.3) is 0 Å². The third-order valence-electron chi connectivity index (χ3n) is 3.89. The first kappa shape index (κ1) is 16.1. The number of nitrogens with zero attached hydrogens (tertiary/aromatic N) is 1. The molecule has 1 aromatic heterocycles. The molecule has 22 heavy (non-hydrogen) atoms. The van der Waals surface area contributed by atoms with Gasteiger partial charge in [0.05, 0.1) is 12.5 Å². The van der Waals surface area contributed by atoms with Gasteiger partial charge in [-0.05, 0) is 50.1 Å². The largest absolute Gasteiger partial charge is 0.492 e. The summed E-state index contributed by atoms with van der Waals surface area (Å²) in [5.41, 5.74) is 3.48. The van der Waals surface area contributed by atoms with E-state index in [1.54, 1.807) is 6.92 Å². The van der Waals surface area contributed by atoms with E-state index in [1.807, 2.05) is 24.3 Å². The van der Waals surface area contributed by atoms with E-state index in [1.165, 1.54) is 11.4 Å². The first-order chi connectivity index (χ1) is 10.5. The molecule has 0 aliphatic carbocycles. The fourth-order valence-electron chi connectivity index (χ4n) is 2.47. The maximum atomic E-state index is 10.9. The Balaban J connectivity index is 1.85. The number of aromatic nitrogens is 1. The summed E-state index contributed by atoms with van der Waals surface area (Å²) < 4.78 is 7.98. The molecule has 0 spiro atoms. The lowest BCUT2D eigenvalue weighted by molar-refractivity contribution is -0.141. The van der Waals surface area contributed by atoms with E-state index in [4.69, 9.17) is 9.84 Å². The zero-order valence-electron chi connectivity index (χ0n) is 13.4. The second kappa shape index (κ2) is 7.16. The lowest BCUT2D eigenvalue weighted by Gasteiger charge is -2.11. The summed E-state index contributed by atoms with van der Waals surface area (Å²) in [6, 6.07) is 11.9. The van der Waals surface area contributed by atoms with Crippen LogP contribution in [0.4, 0.5) is 0 Å². The fourth-order valence-corrected chi connectivity index (χ4v) is 2.47. The van der Waals surface area contributed by atoms with E-state index in [9.17, 15) is 4.79 Å². The van der Waals surface area contributed by atoms with Gasteiger partial charge in [-0.1, -0.05) is 19.1 Å². The molecule has 1 heterocycles. The van der Waals surface area contributed by atoms with Crippen LogP contribution in [0.1, 0.15) is 23.9 Å². The smallest absolute Gasteiger partial charge is 0.306 e. The van der Waals surface area contributed by atoms with Crippen molar-refractivity contribution >= 4 is 5.97 Å². The molecule has 4 heteroatoms. The molecule has 1 aromatic carbocycles.